The molecule has 2 fully saturated rings. The Balaban J connectivity index is 1.54. The third kappa shape index (κ3) is 2.78. The Morgan fingerprint density at radius 2 is 1.72 bits per heavy atom. The topological polar surface area (TPSA) is 15.7 Å². The van der Waals surface area contributed by atoms with Gasteiger partial charge in [-0.2, -0.15) is 0 Å². The minimum Gasteiger partial charge on any atom is -0.497 e. The standard InChI is InChI=1S/C15H22N2O/c1-18-15-6-4-14(5-7-15)17-10-8-16(9-11-17)12-13-2-3-13/h4-7,13H,2-3,8-12H2,1H3. The number of ether oxygens (including phenoxy) is 1. The fourth-order valence-corrected chi connectivity index (χ4v) is 2.65. The molecule has 1 saturated heterocycles. The predicted octanol–water partition coefficient (Wildman–Crippen LogP) is 2.23. The summed E-state index contributed by atoms with van der Waals surface area (Å²) in [6.45, 7) is 6.06. The third-order valence-corrected chi connectivity index (χ3v) is 4.02. The zero-order chi connectivity index (χ0) is 12.4. The molecule has 0 unspecified atom stereocenters. The molecule has 1 aromatic carbocycles. The number of benzene rings is 1. The molecule has 3 rings (SSSR count). The quantitative estimate of drug-likeness (QED) is 0.810. The van der Waals surface area contributed by atoms with Crippen LogP contribution >= 0.6 is 0 Å². The fraction of sp³-hybridized carbons (Fsp3) is 0.600. The van der Waals surface area contributed by atoms with Gasteiger partial charge in [0.05, 0.1) is 7.11 Å². The highest BCUT2D eigenvalue weighted by Gasteiger charge is 2.26. The van der Waals surface area contributed by atoms with Crippen molar-refractivity contribution in [2.75, 3.05) is 44.7 Å². The first kappa shape index (κ1) is 11.8. The van der Waals surface area contributed by atoms with E-state index in [0.717, 1.165) is 24.8 Å². The van der Waals surface area contributed by atoms with Crippen molar-refractivity contribution in [3.63, 3.8) is 0 Å². The lowest BCUT2D eigenvalue weighted by Crippen LogP contribution is -2.47. The molecule has 0 atom stereocenters. The molecule has 1 aliphatic heterocycles. The largest absolute Gasteiger partial charge is 0.497 e. The summed E-state index contributed by atoms with van der Waals surface area (Å²) in [5.41, 5.74) is 1.32. The van der Waals surface area contributed by atoms with Gasteiger partial charge in [-0.1, -0.05) is 0 Å². The van der Waals surface area contributed by atoms with E-state index < -0.39 is 0 Å². The summed E-state index contributed by atoms with van der Waals surface area (Å²) in [6.07, 6.45) is 2.91. The van der Waals surface area contributed by atoms with Crippen molar-refractivity contribution < 1.29 is 4.74 Å². The van der Waals surface area contributed by atoms with Gasteiger partial charge < -0.3 is 9.64 Å². The van der Waals surface area contributed by atoms with E-state index in [9.17, 15) is 0 Å². The molecular formula is C15H22N2O. The van der Waals surface area contributed by atoms with Crippen LogP contribution in [0.25, 0.3) is 0 Å². The van der Waals surface area contributed by atoms with Crippen LogP contribution in [0, 0.1) is 5.92 Å². The van der Waals surface area contributed by atoms with Crippen LogP contribution in [0.5, 0.6) is 5.75 Å². The third-order valence-electron chi connectivity index (χ3n) is 4.02. The summed E-state index contributed by atoms with van der Waals surface area (Å²) in [5, 5.41) is 0. The molecule has 0 N–H and O–H groups in total. The highest BCUT2D eigenvalue weighted by molar-refractivity contribution is 5.49. The van der Waals surface area contributed by atoms with Crippen molar-refractivity contribution in [2.45, 2.75) is 12.8 Å². The molecule has 3 heteroatoms. The number of piperazine rings is 1. The number of rotatable bonds is 4. The van der Waals surface area contributed by atoms with Gasteiger partial charge in [0.15, 0.2) is 0 Å². The Hall–Kier alpha value is -1.22. The van der Waals surface area contributed by atoms with Crippen LogP contribution in [0.1, 0.15) is 12.8 Å². The maximum absolute atomic E-state index is 5.20. The number of hydrogen-bond donors (Lipinski definition) is 0. The van der Waals surface area contributed by atoms with Crippen molar-refractivity contribution >= 4 is 5.69 Å². The molecule has 3 nitrogen and oxygen atoms in total. The second kappa shape index (κ2) is 5.19. The molecule has 0 radical (unpaired) electrons. The van der Waals surface area contributed by atoms with Gasteiger partial charge in [-0.3, -0.25) is 4.90 Å². The van der Waals surface area contributed by atoms with Crippen molar-refractivity contribution in [3.05, 3.63) is 24.3 Å². The molecule has 0 spiro atoms. The van der Waals surface area contributed by atoms with Crippen LogP contribution in [-0.4, -0.2) is 44.7 Å². The Labute approximate surface area is 109 Å². The average Bonchev–Trinajstić information content (AvgIpc) is 3.24. The molecular weight excluding hydrogens is 224 g/mol. The van der Waals surface area contributed by atoms with E-state index in [1.54, 1.807) is 7.11 Å². The van der Waals surface area contributed by atoms with Crippen LogP contribution in [0.4, 0.5) is 5.69 Å². The summed E-state index contributed by atoms with van der Waals surface area (Å²) in [7, 11) is 1.71. The maximum atomic E-state index is 5.20. The summed E-state index contributed by atoms with van der Waals surface area (Å²) < 4.78 is 5.20. The number of methoxy groups -OCH3 is 1. The molecule has 18 heavy (non-hydrogen) atoms. The molecule has 1 heterocycles. The minimum atomic E-state index is 0.936. The van der Waals surface area contributed by atoms with Gasteiger partial charge >= 0.3 is 0 Å². The second-order valence-corrected chi connectivity index (χ2v) is 5.43. The van der Waals surface area contributed by atoms with Crippen molar-refractivity contribution in [1.29, 1.82) is 0 Å². The van der Waals surface area contributed by atoms with Crippen molar-refractivity contribution in [1.82, 2.24) is 4.90 Å². The molecule has 0 bridgehead atoms. The maximum Gasteiger partial charge on any atom is 0.119 e. The van der Waals surface area contributed by atoms with E-state index in [-0.39, 0.29) is 0 Å². The fourth-order valence-electron chi connectivity index (χ4n) is 2.65. The summed E-state index contributed by atoms with van der Waals surface area (Å²) in [4.78, 5) is 5.10. The van der Waals surface area contributed by atoms with Crippen LogP contribution in [0.2, 0.25) is 0 Å². The lowest BCUT2D eigenvalue weighted by molar-refractivity contribution is 0.248. The molecule has 0 amide bonds. The van der Waals surface area contributed by atoms with Crippen LogP contribution in [0.3, 0.4) is 0 Å². The zero-order valence-corrected chi connectivity index (χ0v) is 11.1. The summed E-state index contributed by atoms with van der Waals surface area (Å²) in [6, 6.07) is 8.42. The summed E-state index contributed by atoms with van der Waals surface area (Å²) >= 11 is 0. The first-order valence-electron chi connectivity index (χ1n) is 6.96. The Morgan fingerprint density at radius 3 is 2.28 bits per heavy atom. The van der Waals surface area contributed by atoms with E-state index in [4.69, 9.17) is 4.74 Å². The van der Waals surface area contributed by atoms with Crippen molar-refractivity contribution in [3.8, 4) is 5.75 Å². The Morgan fingerprint density at radius 1 is 1.06 bits per heavy atom. The summed E-state index contributed by atoms with van der Waals surface area (Å²) in [5.74, 6) is 1.95. The van der Waals surface area contributed by atoms with Crippen LogP contribution < -0.4 is 9.64 Å². The van der Waals surface area contributed by atoms with Gasteiger partial charge in [0.2, 0.25) is 0 Å². The highest BCUT2D eigenvalue weighted by Crippen LogP contribution is 2.30. The molecule has 0 aromatic heterocycles. The SMILES string of the molecule is COc1ccc(N2CCN(CC3CC3)CC2)cc1. The number of anilines is 1. The van der Waals surface area contributed by atoms with Gasteiger partial charge in [-0.05, 0) is 43.0 Å². The lowest BCUT2D eigenvalue weighted by Gasteiger charge is -2.36. The molecule has 98 valence electrons. The highest BCUT2D eigenvalue weighted by atomic mass is 16.5. The van der Waals surface area contributed by atoms with E-state index in [0.29, 0.717) is 0 Å². The monoisotopic (exact) mass is 246 g/mol. The Bertz CT molecular complexity index is 378. The van der Waals surface area contributed by atoms with Crippen LogP contribution in [-0.2, 0) is 0 Å². The molecule has 1 saturated carbocycles. The van der Waals surface area contributed by atoms with Gasteiger partial charge in [0.25, 0.3) is 0 Å². The van der Waals surface area contributed by atoms with Gasteiger partial charge in [-0.15, -0.1) is 0 Å². The van der Waals surface area contributed by atoms with E-state index in [1.807, 2.05) is 12.1 Å². The Kier molecular flexibility index (Phi) is 3.41. The minimum absolute atomic E-state index is 0.936. The molecule has 1 aliphatic carbocycles. The van der Waals surface area contributed by atoms with Gasteiger partial charge in [-0.25, -0.2) is 0 Å². The first-order valence-corrected chi connectivity index (χ1v) is 6.96. The average molecular weight is 246 g/mol. The number of hydrogen-bond acceptors (Lipinski definition) is 3. The lowest BCUT2D eigenvalue weighted by atomic mass is 10.2. The number of nitrogens with zero attached hydrogens (tertiary/aromatic N) is 2. The van der Waals surface area contributed by atoms with Gasteiger partial charge in [0, 0.05) is 38.4 Å². The van der Waals surface area contributed by atoms with E-state index in [2.05, 4.69) is 21.9 Å². The predicted molar refractivity (Wildman–Crippen MR) is 74.4 cm³/mol. The van der Waals surface area contributed by atoms with Crippen molar-refractivity contribution in [2.24, 2.45) is 5.92 Å². The zero-order valence-electron chi connectivity index (χ0n) is 11.1. The normalized spacial score (nSPS) is 21.1. The molecule has 1 aromatic rings. The molecule has 2 aliphatic rings. The first-order chi connectivity index (χ1) is 8.85. The van der Waals surface area contributed by atoms with E-state index >= 15 is 0 Å². The van der Waals surface area contributed by atoms with E-state index in [1.165, 1.54) is 38.2 Å². The smallest absolute Gasteiger partial charge is 0.119 e. The van der Waals surface area contributed by atoms with Crippen LogP contribution in [0.15, 0.2) is 24.3 Å². The second-order valence-electron chi connectivity index (χ2n) is 5.43. The van der Waals surface area contributed by atoms with Gasteiger partial charge in [0.1, 0.15) is 5.75 Å².